The van der Waals surface area contributed by atoms with Gasteiger partial charge in [-0.05, 0) is 55.3 Å². The third-order valence-corrected chi connectivity index (χ3v) is 6.15. The first-order valence-electron chi connectivity index (χ1n) is 11.4. The summed E-state index contributed by atoms with van der Waals surface area (Å²) in [7, 11) is 3.39. The van der Waals surface area contributed by atoms with Crippen LogP contribution in [0.2, 0.25) is 0 Å². The summed E-state index contributed by atoms with van der Waals surface area (Å²) in [5.41, 5.74) is 3.22. The van der Waals surface area contributed by atoms with E-state index in [9.17, 15) is 9.59 Å². The largest absolute Gasteiger partial charge is 0.497 e. The topological polar surface area (TPSA) is 64.4 Å². The molecule has 0 aliphatic heterocycles. The number of aryl methyl sites for hydroxylation is 1. The number of likely N-dealkylation sites (N-methyl/N-ethyl adjacent to an activating group) is 1. The predicted molar refractivity (Wildman–Crippen MR) is 135 cm³/mol. The molecule has 0 fully saturated rings. The van der Waals surface area contributed by atoms with Crippen molar-refractivity contribution in [2.45, 2.75) is 32.7 Å². The van der Waals surface area contributed by atoms with Gasteiger partial charge in [-0.1, -0.05) is 48.9 Å². The highest BCUT2D eigenvalue weighted by atomic mass is 16.5. The minimum atomic E-state index is -0.371. The summed E-state index contributed by atoms with van der Waals surface area (Å²) in [5.74, 6) is 1.26. The summed E-state index contributed by atoms with van der Waals surface area (Å²) in [4.78, 5) is 33.5. The normalized spacial score (nSPS) is 11.9. The zero-order valence-electron chi connectivity index (χ0n) is 20.0. The first kappa shape index (κ1) is 23.2. The van der Waals surface area contributed by atoms with Crippen molar-refractivity contribution in [2.24, 2.45) is 0 Å². The lowest BCUT2D eigenvalue weighted by Gasteiger charge is -2.29. The van der Waals surface area contributed by atoms with E-state index in [0.29, 0.717) is 23.1 Å². The number of ether oxygens (including phenoxy) is 1. The number of hydrogen-bond donors (Lipinski definition) is 0. The van der Waals surface area contributed by atoms with Gasteiger partial charge in [-0.3, -0.25) is 14.2 Å². The molecular formula is C28H29N3O3. The number of benzene rings is 3. The standard InChI is InChI=1S/C28H29N3O3/c1-5-25(30(3)26(32)18-20-12-16-22(34-4)17-13-20)27-29-24-9-7-6-8-23(24)28(33)31(27)21-14-10-19(2)11-15-21/h6-17,25H,5,18H2,1-4H3. The van der Waals surface area contributed by atoms with E-state index >= 15 is 0 Å². The molecule has 6 heteroatoms. The second-order valence-electron chi connectivity index (χ2n) is 8.42. The molecule has 1 unspecified atom stereocenters. The fraction of sp³-hybridized carbons (Fsp3) is 0.250. The fourth-order valence-electron chi connectivity index (χ4n) is 4.16. The van der Waals surface area contributed by atoms with Gasteiger partial charge < -0.3 is 9.64 Å². The van der Waals surface area contributed by atoms with Gasteiger partial charge in [0.1, 0.15) is 11.6 Å². The molecule has 1 atom stereocenters. The number of fused-ring (bicyclic) bond motifs is 1. The molecule has 0 aliphatic carbocycles. The van der Waals surface area contributed by atoms with Crippen LogP contribution in [-0.4, -0.2) is 34.5 Å². The van der Waals surface area contributed by atoms with Crippen molar-refractivity contribution in [3.8, 4) is 11.4 Å². The summed E-state index contributed by atoms with van der Waals surface area (Å²) in [6, 6.07) is 22.2. The van der Waals surface area contributed by atoms with Crippen LogP contribution in [0.25, 0.3) is 16.6 Å². The highest BCUT2D eigenvalue weighted by Crippen LogP contribution is 2.26. The third kappa shape index (κ3) is 4.57. The average molecular weight is 456 g/mol. The lowest BCUT2D eigenvalue weighted by molar-refractivity contribution is -0.131. The number of carbonyl (C=O) groups is 1. The highest BCUT2D eigenvalue weighted by molar-refractivity contribution is 5.80. The van der Waals surface area contributed by atoms with Crippen LogP contribution in [-0.2, 0) is 11.2 Å². The molecule has 0 saturated heterocycles. The van der Waals surface area contributed by atoms with Crippen LogP contribution in [0.4, 0.5) is 0 Å². The van der Waals surface area contributed by atoms with E-state index in [-0.39, 0.29) is 23.9 Å². The first-order valence-corrected chi connectivity index (χ1v) is 11.4. The van der Waals surface area contributed by atoms with Crippen molar-refractivity contribution < 1.29 is 9.53 Å². The predicted octanol–water partition coefficient (Wildman–Crippen LogP) is 4.85. The number of hydrogen-bond acceptors (Lipinski definition) is 4. The smallest absolute Gasteiger partial charge is 0.266 e. The van der Waals surface area contributed by atoms with E-state index in [1.807, 2.05) is 80.6 Å². The van der Waals surface area contributed by atoms with Crippen molar-refractivity contribution >= 4 is 16.8 Å². The number of rotatable bonds is 7. The Morgan fingerprint density at radius 3 is 2.35 bits per heavy atom. The van der Waals surface area contributed by atoms with Crippen LogP contribution in [0.15, 0.2) is 77.6 Å². The zero-order valence-corrected chi connectivity index (χ0v) is 20.0. The van der Waals surface area contributed by atoms with Gasteiger partial charge in [-0.25, -0.2) is 4.98 Å². The highest BCUT2D eigenvalue weighted by Gasteiger charge is 2.26. The summed E-state index contributed by atoms with van der Waals surface area (Å²) in [6.07, 6.45) is 0.862. The zero-order chi connectivity index (χ0) is 24.2. The van der Waals surface area contributed by atoms with Gasteiger partial charge in [0, 0.05) is 7.05 Å². The second kappa shape index (κ2) is 9.91. The molecule has 4 rings (SSSR count). The molecule has 0 radical (unpaired) electrons. The maximum Gasteiger partial charge on any atom is 0.266 e. The van der Waals surface area contributed by atoms with E-state index in [1.54, 1.807) is 29.7 Å². The molecular weight excluding hydrogens is 426 g/mol. The fourth-order valence-corrected chi connectivity index (χ4v) is 4.16. The Kier molecular flexibility index (Phi) is 6.77. The Hall–Kier alpha value is -3.93. The van der Waals surface area contributed by atoms with Crippen LogP contribution >= 0.6 is 0 Å². The van der Waals surface area contributed by atoms with E-state index < -0.39 is 0 Å². The molecule has 4 aromatic rings. The van der Waals surface area contributed by atoms with Crippen molar-refractivity contribution in [3.63, 3.8) is 0 Å². The number of carbonyl (C=O) groups excluding carboxylic acids is 1. The van der Waals surface area contributed by atoms with Gasteiger partial charge in [0.25, 0.3) is 5.56 Å². The molecule has 1 amide bonds. The van der Waals surface area contributed by atoms with Gasteiger partial charge in [-0.15, -0.1) is 0 Å². The Balaban J connectivity index is 1.77. The van der Waals surface area contributed by atoms with Gasteiger partial charge in [-0.2, -0.15) is 0 Å². The Morgan fingerprint density at radius 1 is 1.03 bits per heavy atom. The quantitative estimate of drug-likeness (QED) is 0.399. The molecule has 0 saturated carbocycles. The molecule has 0 aliphatic rings. The van der Waals surface area contributed by atoms with Gasteiger partial charge >= 0.3 is 0 Å². The minimum absolute atomic E-state index is 0.0464. The van der Waals surface area contributed by atoms with Gasteiger partial charge in [0.15, 0.2) is 0 Å². The van der Waals surface area contributed by atoms with Crippen LogP contribution < -0.4 is 10.3 Å². The molecule has 0 bridgehead atoms. The Labute approximate surface area is 199 Å². The lowest BCUT2D eigenvalue weighted by atomic mass is 10.1. The molecule has 34 heavy (non-hydrogen) atoms. The maximum atomic E-state index is 13.6. The van der Waals surface area contributed by atoms with Gasteiger partial charge in [0.05, 0.1) is 36.2 Å². The summed E-state index contributed by atoms with van der Waals surface area (Å²) >= 11 is 0. The van der Waals surface area contributed by atoms with E-state index in [0.717, 1.165) is 22.6 Å². The number of aromatic nitrogens is 2. The monoisotopic (exact) mass is 455 g/mol. The number of amides is 1. The molecule has 6 nitrogen and oxygen atoms in total. The molecule has 174 valence electrons. The maximum absolute atomic E-state index is 13.6. The summed E-state index contributed by atoms with van der Waals surface area (Å²) in [6.45, 7) is 4.01. The van der Waals surface area contributed by atoms with Gasteiger partial charge in [0.2, 0.25) is 5.91 Å². The van der Waals surface area contributed by atoms with Crippen LogP contribution in [0.5, 0.6) is 5.75 Å². The molecule has 0 spiro atoms. The van der Waals surface area contributed by atoms with Crippen LogP contribution in [0, 0.1) is 6.92 Å². The van der Waals surface area contributed by atoms with E-state index in [1.165, 1.54) is 0 Å². The van der Waals surface area contributed by atoms with E-state index in [4.69, 9.17) is 9.72 Å². The van der Waals surface area contributed by atoms with Crippen LogP contribution in [0.3, 0.4) is 0 Å². The Morgan fingerprint density at radius 2 is 1.71 bits per heavy atom. The molecule has 1 aromatic heterocycles. The summed E-state index contributed by atoms with van der Waals surface area (Å²) < 4.78 is 6.85. The number of nitrogens with zero attached hydrogens (tertiary/aromatic N) is 3. The Bertz CT molecular complexity index is 1360. The van der Waals surface area contributed by atoms with Crippen molar-refractivity contribution in [3.05, 3.63) is 100 Å². The van der Waals surface area contributed by atoms with Crippen molar-refractivity contribution in [2.75, 3.05) is 14.2 Å². The lowest BCUT2D eigenvalue weighted by Crippen LogP contribution is -2.36. The van der Waals surface area contributed by atoms with E-state index in [2.05, 4.69) is 0 Å². The summed E-state index contributed by atoms with van der Waals surface area (Å²) in [5, 5.41) is 0.550. The third-order valence-electron chi connectivity index (χ3n) is 6.15. The molecule has 1 heterocycles. The average Bonchev–Trinajstić information content (AvgIpc) is 2.86. The van der Waals surface area contributed by atoms with Crippen LogP contribution in [0.1, 0.15) is 36.3 Å². The minimum Gasteiger partial charge on any atom is -0.497 e. The SMILES string of the molecule is CCC(c1nc2ccccc2c(=O)n1-c1ccc(C)cc1)N(C)C(=O)Cc1ccc(OC)cc1. The van der Waals surface area contributed by atoms with Crippen molar-refractivity contribution in [1.82, 2.24) is 14.5 Å². The molecule has 0 N–H and O–H groups in total. The molecule has 3 aromatic carbocycles. The number of para-hydroxylation sites is 1. The van der Waals surface area contributed by atoms with Crippen molar-refractivity contribution in [1.29, 1.82) is 0 Å². The first-order chi connectivity index (χ1) is 16.4. The number of methoxy groups -OCH3 is 1. The second-order valence-corrected chi connectivity index (χ2v) is 8.42.